The van der Waals surface area contributed by atoms with Gasteiger partial charge in [0.25, 0.3) is 0 Å². The average Bonchev–Trinajstić information content (AvgIpc) is 2.53. The molecule has 0 aliphatic rings. The molecule has 13 rings (SSSR count). The van der Waals surface area contributed by atoms with E-state index in [1.807, 2.05) is 255 Å². The fourth-order valence-corrected chi connectivity index (χ4v) is 8.76. The second-order valence-corrected chi connectivity index (χ2v) is 19.7. The predicted molar refractivity (Wildman–Crippen MR) is 357 cm³/mol. The van der Waals surface area contributed by atoms with Crippen molar-refractivity contribution in [1.29, 1.82) is 0 Å². The normalized spacial score (nSPS) is 10.7. The Morgan fingerprint density at radius 3 is 0.300 bits per heavy atom. The van der Waals surface area contributed by atoms with Crippen LogP contribution in [0.15, 0.2) is 255 Å². The highest BCUT2D eigenvalue weighted by Gasteiger charge is 2.15. The standard InChI is InChI=1S/C66H54N24/c1-7-19-43(20-8-1)67-55-79-56(68-44-21-9-2-10-22-44)83-61(82-55)73-49-31-37-52(38-32-49)76-64-88-65(77-53-39-33-50(34-40-53)74-62-84-57(69-45-23-11-3-12-24-45)80-58(85-62)70-46-25-13-4-14-26-46)90-66(89-64)78-54-41-35-51(36-42-54)75-63-86-59(71-47-27-15-5-16-28-47)81-60(87-63)72-48-29-17-6-18-30-48/h1-42H,(H3,67,68,73,79,82,83)(H3,69,70,74,80,84,85)(H3,71,72,75,81,86,87)(H3,76,77,78,88,89,90). The minimum Gasteiger partial charge on any atom is -0.324 e. The van der Waals surface area contributed by atoms with Crippen LogP contribution in [-0.2, 0) is 0 Å². The lowest BCUT2D eigenvalue weighted by atomic mass is 10.3. The molecule has 0 saturated carbocycles. The third-order valence-corrected chi connectivity index (χ3v) is 12.9. The van der Waals surface area contributed by atoms with Crippen LogP contribution >= 0.6 is 0 Å². The highest BCUT2D eigenvalue weighted by atomic mass is 15.3. The van der Waals surface area contributed by atoms with E-state index < -0.39 is 0 Å². The summed E-state index contributed by atoms with van der Waals surface area (Å²) in [5.74, 6) is 3.84. The Kier molecular flexibility index (Phi) is 16.8. The molecular weight excluding hydrogens is 1130 g/mol. The lowest BCUT2D eigenvalue weighted by Crippen LogP contribution is -2.08. The van der Waals surface area contributed by atoms with Crippen molar-refractivity contribution in [3.8, 4) is 0 Å². The number of anilines is 24. The number of hydrogen-bond acceptors (Lipinski definition) is 24. The molecule has 0 unspecified atom stereocenters. The van der Waals surface area contributed by atoms with E-state index in [4.69, 9.17) is 15.0 Å². The van der Waals surface area contributed by atoms with Crippen molar-refractivity contribution in [3.05, 3.63) is 255 Å². The van der Waals surface area contributed by atoms with E-state index in [0.717, 1.165) is 34.1 Å². The minimum absolute atomic E-state index is 0.252. The molecule has 9 aromatic carbocycles. The Morgan fingerprint density at radius 1 is 0.111 bits per heavy atom. The zero-order valence-electron chi connectivity index (χ0n) is 47.6. The molecule has 0 radical (unpaired) electrons. The Balaban J connectivity index is 0.745. The van der Waals surface area contributed by atoms with Crippen LogP contribution in [0.4, 0.5) is 140 Å². The van der Waals surface area contributed by atoms with Crippen LogP contribution in [0.2, 0.25) is 0 Å². The Labute approximate surface area is 515 Å². The third kappa shape index (κ3) is 15.7. The summed E-state index contributed by atoms with van der Waals surface area (Å²) in [5.41, 5.74) is 9.17. The first-order valence-electron chi connectivity index (χ1n) is 28.3. The van der Waals surface area contributed by atoms with Crippen LogP contribution in [0.1, 0.15) is 0 Å². The van der Waals surface area contributed by atoms with Gasteiger partial charge in [-0.15, -0.1) is 0 Å². The summed E-state index contributed by atoms with van der Waals surface area (Å²) in [4.78, 5) is 56.4. The molecule has 4 aromatic heterocycles. The molecule has 4 heterocycles. The number of nitrogens with zero attached hydrogens (tertiary/aromatic N) is 12. The number of rotatable bonds is 24. The van der Waals surface area contributed by atoms with Gasteiger partial charge in [-0.05, 0) is 146 Å². The van der Waals surface area contributed by atoms with E-state index in [1.165, 1.54) is 0 Å². The van der Waals surface area contributed by atoms with E-state index in [2.05, 4.69) is 109 Å². The Morgan fingerprint density at radius 2 is 0.200 bits per heavy atom. The molecule has 0 amide bonds. The van der Waals surface area contributed by atoms with Gasteiger partial charge in [-0.3, -0.25) is 0 Å². The monoisotopic (exact) mass is 1180 g/mol. The Bertz CT molecular complexity index is 3800. The van der Waals surface area contributed by atoms with Gasteiger partial charge in [0.05, 0.1) is 0 Å². The van der Waals surface area contributed by atoms with E-state index in [0.29, 0.717) is 87.7 Å². The minimum atomic E-state index is 0.252. The number of benzene rings is 9. The molecule has 0 fully saturated rings. The lowest BCUT2D eigenvalue weighted by molar-refractivity contribution is 1.06. The zero-order chi connectivity index (χ0) is 60.5. The van der Waals surface area contributed by atoms with Crippen molar-refractivity contribution < 1.29 is 0 Å². The molecule has 24 nitrogen and oxygen atoms in total. The molecular formula is C66H54N24. The number of aromatic nitrogens is 12. The maximum absolute atomic E-state index is 4.81. The first-order valence-corrected chi connectivity index (χ1v) is 28.3. The molecule has 0 spiro atoms. The topological polar surface area (TPSA) is 299 Å². The maximum atomic E-state index is 4.81. The first kappa shape index (κ1) is 55.8. The van der Waals surface area contributed by atoms with E-state index in [9.17, 15) is 0 Å². The molecule has 0 aliphatic heterocycles. The fourth-order valence-electron chi connectivity index (χ4n) is 8.76. The number of hydrogen-bond donors (Lipinski definition) is 12. The summed E-state index contributed by atoms with van der Waals surface area (Å²) in [7, 11) is 0. The maximum Gasteiger partial charge on any atom is 0.233 e. The van der Waals surface area contributed by atoms with Gasteiger partial charge in [0.1, 0.15) is 0 Å². The summed E-state index contributed by atoms with van der Waals surface area (Å²) < 4.78 is 0. The van der Waals surface area contributed by atoms with Crippen LogP contribution in [0.3, 0.4) is 0 Å². The smallest absolute Gasteiger partial charge is 0.233 e. The van der Waals surface area contributed by atoms with Gasteiger partial charge in [-0.2, -0.15) is 59.8 Å². The molecule has 0 saturated heterocycles. The molecule has 438 valence electrons. The van der Waals surface area contributed by atoms with Gasteiger partial charge in [0.2, 0.25) is 71.4 Å². The number of para-hydroxylation sites is 6. The SMILES string of the molecule is c1ccc(Nc2nc(Nc3ccccc3)nc(Nc3ccc(Nc4nc(Nc5ccc(Nc6nc(Nc7ccccc7)nc(Nc7ccccc7)n6)cc5)nc(Nc5ccc(Nc6nc(Nc7ccccc7)nc(Nc7ccccc7)n6)cc5)n4)cc3)n2)cc1. The Hall–Kier alpha value is -13.4. The van der Waals surface area contributed by atoms with Crippen LogP contribution < -0.4 is 63.8 Å². The predicted octanol–water partition coefficient (Wildman–Crippen LogP) is 15.3. The average molecular weight is 1180 g/mol. The van der Waals surface area contributed by atoms with Gasteiger partial charge in [0, 0.05) is 68.2 Å². The van der Waals surface area contributed by atoms with E-state index in [-0.39, 0.29) is 17.8 Å². The van der Waals surface area contributed by atoms with Gasteiger partial charge in [-0.25, -0.2) is 0 Å². The largest absolute Gasteiger partial charge is 0.324 e. The molecule has 90 heavy (non-hydrogen) atoms. The summed E-state index contributed by atoms with van der Waals surface area (Å²) in [5, 5.41) is 39.7. The fraction of sp³-hybridized carbons (Fsp3) is 0. The third-order valence-electron chi connectivity index (χ3n) is 12.9. The van der Waals surface area contributed by atoms with Crippen molar-refractivity contribution >= 4 is 140 Å². The first-order chi connectivity index (χ1) is 44.4. The van der Waals surface area contributed by atoms with Crippen LogP contribution in [0.25, 0.3) is 0 Å². The summed E-state index contributed by atoms with van der Waals surface area (Å²) in [6, 6.07) is 80.8. The highest BCUT2D eigenvalue weighted by Crippen LogP contribution is 2.29. The van der Waals surface area contributed by atoms with Crippen molar-refractivity contribution in [2.24, 2.45) is 0 Å². The van der Waals surface area contributed by atoms with Crippen molar-refractivity contribution in [2.75, 3.05) is 63.8 Å². The van der Waals surface area contributed by atoms with Crippen molar-refractivity contribution in [3.63, 3.8) is 0 Å². The lowest BCUT2D eigenvalue weighted by Gasteiger charge is -2.14. The molecule has 0 bridgehead atoms. The van der Waals surface area contributed by atoms with Crippen LogP contribution in [0, 0.1) is 0 Å². The van der Waals surface area contributed by atoms with Gasteiger partial charge in [0.15, 0.2) is 0 Å². The summed E-state index contributed by atoms with van der Waals surface area (Å²) in [6.07, 6.45) is 0. The second kappa shape index (κ2) is 27.1. The quantitative estimate of drug-likeness (QED) is 0.0268. The number of nitrogens with one attached hydrogen (secondary N) is 12. The van der Waals surface area contributed by atoms with Crippen LogP contribution in [-0.4, -0.2) is 59.8 Å². The summed E-state index contributed by atoms with van der Waals surface area (Å²) in [6.45, 7) is 0. The van der Waals surface area contributed by atoms with Gasteiger partial charge in [-0.1, -0.05) is 109 Å². The molecule has 13 aromatic rings. The van der Waals surface area contributed by atoms with Crippen molar-refractivity contribution in [2.45, 2.75) is 0 Å². The molecule has 0 atom stereocenters. The second-order valence-electron chi connectivity index (χ2n) is 19.7. The molecule has 24 heteroatoms. The van der Waals surface area contributed by atoms with E-state index in [1.54, 1.807) is 0 Å². The molecule has 12 N–H and O–H groups in total. The summed E-state index contributed by atoms with van der Waals surface area (Å²) >= 11 is 0. The molecule has 0 aliphatic carbocycles. The highest BCUT2D eigenvalue weighted by molar-refractivity contribution is 5.70. The van der Waals surface area contributed by atoms with Crippen LogP contribution in [0.5, 0.6) is 0 Å². The van der Waals surface area contributed by atoms with E-state index >= 15 is 0 Å². The van der Waals surface area contributed by atoms with Crippen molar-refractivity contribution in [1.82, 2.24) is 59.8 Å². The zero-order valence-corrected chi connectivity index (χ0v) is 47.6. The van der Waals surface area contributed by atoms with Gasteiger partial charge >= 0.3 is 0 Å². The van der Waals surface area contributed by atoms with Gasteiger partial charge < -0.3 is 63.8 Å².